The second-order valence-corrected chi connectivity index (χ2v) is 11.9. The third kappa shape index (κ3) is 6.43. The number of alkyl halides is 2. The van der Waals surface area contributed by atoms with Gasteiger partial charge in [0.15, 0.2) is 5.01 Å². The fourth-order valence-electron chi connectivity index (χ4n) is 4.65. The molecule has 4 rings (SSSR count). The zero-order chi connectivity index (χ0) is 27.1. The first-order valence-corrected chi connectivity index (χ1v) is 13.5. The number of nitrogens with zero attached hydrogens (tertiary/aromatic N) is 3. The van der Waals surface area contributed by atoms with Crippen LogP contribution in [0.1, 0.15) is 79.2 Å². The highest BCUT2D eigenvalue weighted by atomic mass is 32.1. The van der Waals surface area contributed by atoms with Crippen molar-refractivity contribution in [2.75, 3.05) is 18.4 Å². The molecule has 202 valence electrons. The quantitative estimate of drug-likeness (QED) is 0.437. The smallest absolute Gasteiger partial charge is 0.280 e. The minimum absolute atomic E-state index is 0.0139. The Hall–Kier alpha value is -2.66. The number of rotatable bonds is 9. The molecule has 0 aromatic carbocycles. The van der Waals surface area contributed by atoms with E-state index in [0.29, 0.717) is 22.4 Å². The summed E-state index contributed by atoms with van der Waals surface area (Å²) in [6.45, 7) is 8.01. The van der Waals surface area contributed by atoms with E-state index in [2.05, 4.69) is 27.5 Å². The number of pyridine rings is 1. The number of carbonyl (C=O) groups excluding carboxylic acids is 2. The summed E-state index contributed by atoms with van der Waals surface area (Å²) >= 11 is 1.01. The van der Waals surface area contributed by atoms with Crippen molar-refractivity contribution in [2.45, 2.75) is 83.9 Å². The van der Waals surface area contributed by atoms with Crippen LogP contribution in [-0.4, -0.2) is 68.5 Å². The third-order valence-corrected chi connectivity index (χ3v) is 7.90. The van der Waals surface area contributed by atoms with Gasteiger partial charge in [-0.05, 0) is 64.5 Å². The van der Waals surface area contributed by atoms with Gasteiger partial charge in [-0.25, -0.2) is 18.7 Å². The zero-order valence-electron chi connectivity index (χ0n) is 21.9. The van der Waals surface area contributed by atoms with Gasteiger partial charge in [-0.1, -0.05) is 6.92 Å². The molecule has 8 nitrogen and oxygen atoms in total. The van der Waals surface area contributed by atoms with Crippen LogP contribution in [-0.2, 0) is 0 Å². The molecule has 11 heteroatoms. The summed E-state index contributed by atoms with van der Waals surface area (Å²) < 4.78 is 28.2. The lowest BCUT2D eigenvalue weighted by molar-refractivity contribution is 0.0118. The Morgan fingerprint density at radius 1 is 1.35 bits per heavy atom. The zero-order valence-corrected chi connectivity index (χ0v) is 22.7. The maximum atomic E-state index is 14.1. The standard InChI is InChI=1S/C26H35F2N5O3S/c1-6-18(16-7-8-16)31-19-9-14(2)17(11-29-19)21-20(24(35)33-13-26(27,28)10-15(33)3)32-23(37-21)22(34)30-12-25(4,5)36/h9,11,15-16,18,36H,6-8,10,12-13H2,1-5H3,(H,29,31)(H,30,34)/t15-,18-/m0/s1. The van der Waals surface area contributed by atoms with E-state index in [0.717, 1.165) is 34.0 Å². The molecule has 3 N–H and O–H groups in total. The maximum Gasteiger partial charge on any atom is 0.280 e. The van der Waals surface area contributed by atoms with Crippen LogP contribution in [0.15, 0.2) is 12.3 Å². The predicted octanol–water partition coefficient (Wildman–Crippen LogP) is 4.48. The van der Waals surface area contributed by atoms with Gasteiger partial charge in [0.1, 0.15) is 11.5 Å². The summed E-state index contributed by atoms with van der Waals surface area (Å²) in [5.41, 5.74) is 0.263. The number of aryl methyl sites for hydroxylation is 1. The lowest BCUT2D eigenvalue weighted by Gasteiger charge is -2.20. The molecule has 2 aromatic heterocycles. The summed E-state index contributed by atoms with van der Waals surface area (Å²) in [6, 6.07) is 1.58. The third-order valence-electron chi connectivity index (χ3n) is 6.81. The molecule has 0 radical (unpaired) electrons. The highest BCUT2D eigenvalue weighted by molar-refractivity contribution is 7.17. The molecule has 2 amide bonds. The SMILES string of the molecule is CC[C@H](Nc1cc(C)c(-c2sc(C(=O)NCC(C)(C)O)nc2C(=O)N2CC(F)(F)C[C@@H]2C)cn1)C1CC1. The average Bonchev–Trinajstić information content (AvgIpc) is 3.49. The first-order valence-electron chi connectivity index (χ1n) is 12.7. The summed E-state index contributed by atoms with van der Waals surface area (Å²) in [5, 5.41) is 16.1. The van der Waals surface area contributed by atoms with Gasteiger partial charge in [0.2, 0.25) is 0 Å². The molecule has 2 atom stereocenters. The van der Waals surface area contributed by atoms with Crippen LogP contribution in [0.3, 0.4) is 0 Å². The summed E-state index contributed by atoms with van der Waals surface area (Å²) in [4.78, 5) is 36.7. The largest absolute Gasteiger partial charge is 0.389 e. The highest BCUT2D eigenvalue weighted by Gasteiger charge is 2.46. The normalized spacial score (nSPS) is 20.1. The number of hydrogen-bond donors (Lipinski definition) is 3. The molecule has 0 unspecified atom stereocenters. The van der Waals surface area contributed by atoms with Crippen molar-refractivity contribution in [1.82, 2.24) is 20.2 Å². The lowest BCUT2D eigenvalue weighted by Crippen LogP contribution is -2.38. The van der Waals surface area contributed by atoms with Gasteiger partial charge < -0.3 is 20.6 Å². The number of halogens is 2. The Labute approximate surface area is 219 Å². The predicted molar refractivity (Wildman–Crippen MR) is 139 cm³/mol. The van der Waals surface area contributed by atoms with Crippen molar-refractivity contribution in [3.63, 3.8) is 0 Å². The first kappa shape index (κ1) is 27.4. The number of likely N-dealkylation sites (tertiary alicyclic amines) is 1. The van der Waals surface area contributed by atoms with Crippen LogP contribution in [0.5, 0.6) is 0 Å². The lowest BCUT2D eigenvalue weighted by atomic mass is 10.1. The molecule has 2 aliphatic rings. The van der Waals surface area contributed by atoms with Crippen molar-refractivity contribution in [2.24, 2.45) is 5.92 Å². The Bertz CT molecular complexity index is 1180. The van der Waals surface area contributed by atoms with Gasteiger partial charge in [-0.2, -0.15) is 0 Å². The average molecular weight is 536 g/mol. The number of amides is 2. The number of carbonyl (C=O) groups is 2. The van der Waals surface area contributed by atoms with Crippen LogP contribution < -0.4 is 10.6 Å². The van der Waals surface area contributed by atoms with Gasteiger partial charge in [-0.15, -0.1) is 11.3 Å². The van der Waals surface area contributed by atoms with Crippen LogP contribution in [0, 0.1) is 12.8 Å². The van der Waals surface area contributed by atoms with Crippen LogP contribution in [0.25, 0.3) is 10.4 Å². The molecular weight excluding hydrogens is 500 g/mol. The number of aromatic nitrogens is 2. The Balaban J connectivity index is 1.67. The number of nitrogens with one attached hydrogen (secondary N) is 2. The van der Waals surface area contributed by atoms with Crippen molar-refractivity contribution >= 4 is 29.0 Å². The van der Waals surface area contributed by atoms with Gasteiger partial charge >= 0.3 is 0 Å². The minimum atomic E-state index is -2.97. The maximum absolute atomic E-state index is 14.1. The number of hydrogen-bond acceptors (Lipinski definition) is 7. The van der Waals surface area contributed by atoms with E-state index in [1.807, 2.05) is 13.0 Å². The van der Waals surface area contributed by atoms with Crippen LogP contribution in [0.4, 0.5) is 14.6 Å². The molecule has 1 aliphatic heterocycles. The van der Waals surface area contributed by atoms with Gasteiger partial charge in [0.25, 0.3) is 17.7 Å². The second kappa shape index (κ2) is 10.2. The molecule has 1 aliphatic carbocycles. The molecular formula is C26H35F2N5O3S. The summed E-state index contributed by atoms with van der Waals surface area (Å²) in [5.74, 6) is -2.78. The minimum Gasteiger partial charge on any atom is -0.389 e. The molecule has 1 saturated carbocycles. The monoisotopic (exact) mass is 535 g/mol. The van der Waals surface area contributed by atoms with Gasteiger partial charge in [0, 0.05) is 36.8 Å². The van der Waals surface area contributed by atoms with Crippen LogP contribution >= 0.6 is 11.3 Å². The van der Waals surface area contributed by atoms with Gasteiger partial charge in [-0.3, -0.25) is 9.59 Å². The Kier molecular flexibility index (Phi) is 7.58. The molecule has 3 heterocycles. The van der Waals surface area contributed by atoms with Crippen molar-refractivity contribution in [3.8, 4) is 10.4 Å². The molecule has 1 saturated heterocycles. The Morgan fingerprint density at radius 2 is 2.05 bits per heavy atom. The van der Waals surface area contributed by atoms with Gasteiger partial charge in [0.05, 0.1) is 17.0 Å². The molecule has 2 aromatic rings. The second-order valence-electron chi connectivity index (χ2n) is 10.9. The van der Waals surface area contributed by atoms with Crippen molar-refractivity contribution < 1.29 is 23.5 Å². The first-order chi connectivity index (χ1) is 17.3. The van der Waals surface area contributed by atoms with Crippen molar-refractivity contribution in [3.05, 3.63) is 28.5 Å². The summed E-state index contributed by atoms with van der Waals surface area (Å²) in [7, 11) is 0. The van der Waals surface area contributed by atoms with E-state index in [4.69, 9.17) is 0 Å². The van der Waals surface area contributed by atoms with E-state index in [1.165, 1.54) is 12.8 Å². The van der Waals surface area contributed by atoms with Crippen molar-refractivity contribution in [1.29, 1.82) is 0 Å². The van der Waals surface area contributed by atoms with E-state index in [-0.39, 0.29) is 17.2 Å². The topological polar surface area (TPSA) is 107 Å². The van der Waals surface area contributed by atoms with E-state index in [1.54, 1.807) is 27.0 Å². The number of anilines is 1. The van der Waals surface area contributed by atoms with E-state index in [9.17, 15) is 23.5 Å². The molecule has 0 bridgehead atoms. The highest BCUT2D eigenvalue weighted by Crippen LogP contribution is 2.39. The van der Waals surface area contributed by atoms with Crippen LogP contribution in [0.2, 0.25) is 0 Å². The molecule has 2 fully saturated rings. The van der Waals surface area contributed by atoms with E-state index < -0.39 is 42.3 Å². The number of thiazole rings is 1. The molecule has 37 heavy (non-hydrogen) atoms. The van der Waals surface area contributed by atoms with E-state index >= 15 is 0 Å². The Morgan fingerprint density at radius 3 is 2.59 bits per heavy atom. The fraction of sp³-hybridized carbons (Fsp3) is 0.615. The number of aliphatic hydroxyl groups is 1. The molecule has 0 spiro atoms. The summed E-state index contributed by atoms with van der Waals surface area (Å²) in [6.07, 6.45) is 4.63. The fourth-order valence-corrected chi connectivity index (χ4v) is 5.70.